The zero-order valence-corrected chi connectivity index (χ0v) is 11.5. The van der Waals surface area contributed by atoms with Crippen molar-refractivity contribution in [2.75, 3.05) is 32.1 Å². The van der Waals surface area contributed by atoms with Crippen molar-refractivity contribution in [1.29, 1.82) is 0 Å². The Morgan fingerprint density at radius 3 is 2.78 bits per heavy atom. The standard InChI is InChI=1S/C12H22N4O2/c1-12(2,3)9-7-10(16-15-9)14-11(17)8-13-5-6-18-4/h7,13H,5-6,8H2,1-4H3,(H2,14,15,16,17). The third-order valence-electron chi connectivity index (χ3n) is 2.42. The lowest BCUT2D eigenvalue weighted by Gasteiger charge is -2.14. The lowest BCUT2D eigenvalue weighted by Crippen LogP contribution is -2.30. The van der Waals surface area contributed by atoms with E-state index < -0.39 is 0 Å². The average Bonchev–Trinajstić information content (AvgIpc) is 2.72. The third kappa shape index (κ3) is 4.85. The summed E-state index contributed by atoms with van der Waals surface area (Å²) in [6, 6.07) is 1.85. The van der Waals surface area contributed by atoms with Crippen molar-refractivity contribution in [1.82, 2.24) is 15.5 Å². The quantitative estimate of drug-likeness (QED) is 0.658. The summed E-state index contributed by atoms with van der Waals surface area (Å²) in [6.45, 7) is 7.73. The highest BCUT2D eigenvalue weighted by Gasteiger charge is 2.17. The van der Waals surface area contributed by atoms with Gasteiger partial charge in [-0.2, -0.15) is 5.10 Å². The molecule has 1 aromatic heterocycles. The Morgan fingerprint density at radius 2 is 2.22 bits per heavy atom. The van der Waals surface area contributed by atoms with Crippen LogP contribution in [0.1, 0.15) is 26.5 Å². The van der Waals surface area contributed by atoms with E-state index >= 15 is 0 Å². The van der Waals surface area contributed by atoms with Crippen LogP contribution >= 0.6 is 0 Å². The fourth-order valence-electron chi connectivity index (χ4n) is 1.33. The van der Waals surface area contributed by atoms with Gasteiger partial charge >= 0.3 is 0 Å². The smallest absolute Gasteiger partial charge is 0.239 e. The van der Waals surface area contributed by atoms with E-state index in [1.165, 1.54) is 0 Å². The highest BCUT2D eigenvalue weighted by molar-refractivity contribution is 5.91. The Balaban J connectivity index is 2.38. The van der Waals surface area contributed by atoms with E-state index in [1.54, 1.807) is 7.11 Å². The Bertz CT molecular complexity index is 382. The zero-order valence-electron chi connectivity index (χ0n) is 11.5. The molecule has 0 fully saturated rings. The molecular weight excluding hydrogens is 232 g/mol. The maximum Gasteiger partial charge on any atom is 0.239 e. The van der Waals surface area contributed by atoms with Gasteiger partial charge in [0.15, 0.2) is 5.82 Å². The molecule has 1 heterocycles. The van der Waals surface area contributed by atoms with Crippen LogP contribution in [0.25, 0.3) is 0 Å². The van der Waals surface area contributed by atoms with Crippen molar-refractivity contribution in [2.45, 2.75) is 26.2 Å². The van der Waals surface area contributed by atoms with E-state index in [0.717, 1.165) is 5.69 Å². The second kappa shape index (κ2) is 6.51. The van der Waals surface area contributed by atoms with E-state index in [1.807, 2.05) is 6.07 Å². The molecule has 1 aromatic rings. The lowest BCUT2D eigenvalue weighted by molar-refractivity contribution is -0.115. The normalized spacial score (nSPS) is 11.6. The predicted octanol–water partition coefficient (Wildman–Crippen LogP) is 0.882. The number of anilines is 1. The van der Waals surface area contributed by atoms with Crippen molar-refractivity contribution in [3.8, 4) is 0 Å². The number of rotatable bonds is 6. The number of amides is 1. The van der Waals surface area contributed by atoms with Crippen molar-refractivity contribution >= 4 is 11.7 Å². The molecule has 0 aliphatic carbocycles. The van der Waals surface area contributed by atoms with Gasteiger partial charge < -0.3 is 15.4 Å². The minimum atomic E-state index is -0.113. The number of nitrogens with one attached hydrogen (secondary N) is 3. The number of ether oxygens (including phenoxy) is 1. The van der Waals surface area contributed by atoms with E-state index in [4.69, 9.17) is 4.74 Å². The van der Waals surface area contributed by atoms with Gasteiger partial charge in [-0.05, 0) is 0 Å². The second-order valence-corrected chi connectivity index (χ2v) is 5.13. The summed E-state index contributed by atoms with van der Waals surface area (Å²) in [6.07, 6.45) is 0. The van der Waals surface area contributed by atoms with Crippen LogP contribution in [-0.2, 0) is 14.9 Å². The SMILES string of the molecule is COCCNCC(=O)Nc1cc(C(C)(C)C)[nH]n1. The molecule has 6 nitrogen and oxygen atoms in total. The number of nitrogens with zero attached hydrogens (tertiary/aromatic N) is 1. The monoisotopic (exact) mass is 254 g/mol. The molecular formula is C12H22N4O2. The van der Waals surface area contributed by atoms with Gasteiger partial charge in [0.2, 0.25) is 5.91 Å². The fourth-order valence-corrected chi connectivity index (χ4v) is 1.33. The van der Waals surface area contributed by atoms with Crippen molar-refractivity contribution in [3.63, 3.8) is 0 Å². The molecule has 0 radical (unpaired) electrons. The van der Waals surface area contributed by atoms with E-state index in [0.29, 0.717) is 19.0 Å². The summed E-state index contributed by atoms with van der Waals surface area (Å²) in [5.41, 5.74) is 0.984. The highest BCUT2D eigenvalue weighted by atomic mass is 16.5. The Kier molecular flexibility index (Phi) is 5.30. The van der Waals surface area contributed by atoms with Gasteiger partial charge in [0.1, 0.15) is 0 Å². The molecule has 0 aromatic carbocycles. The van der Waals surface area contributed by atoms with Crippen LogP contribution in [0.5, 0.6) is 0 Å². The van der Waals surface area contributed by atoms with Crippen LogP contribution in [0.2, 0.25) is 0 Å². The first-order chi connectivity index (χ1) is 8.43. The molecule has 0 saturated carbocycles. The van der Waals surface area contributed by atoms with Crippen LogP contribution in [-0.4, -0.2) is 42.9 Å². The molecule has 102 valence electrons. The Hall–Kier alpha value is -1.40. The summed E-state index contributed by atoms with van der Waals surface area (Å²) in [5, 5.41) is 12.7. The number of aromatic nitrogens is 2. The lowest BCUT2D eigenvalue weighted by atomic mass is 9.92. The molecule has 0 aliphatic rings. The van der Waals surface area contributed by atoms with Crippen LogP contribution in [0.15, 0.2) is 6.07 Å². The predicted molar refractivity (Wildman–Crippen MR) is 70.7 cm³/mol. The molecule has 18 heavy (non-hydrogen) atoms. The Labute approximate surface area is 107 Å². The number of carbonyl (C=O) groups is 1. The number of hydrogen-bond donors (Lipinski definition) is 3. The van der Waals surface area contributed by atoms with E-state index in [2.05, 4.69) is 41.6 Å². The largest absolute Gasteiger partial charge is 0.383 e. The summed E-state index contributed by atoms with van der Waals surface area (Å²) in [5.74, 6) is 0.441. The first kappa shape index (κ1) is 14.7. The van der Waals surface area contributed by atoms with Gasteiger partial charge in [-0.15, -0.1) is 0 Å². The van der Waals surface area contributed by atoms with Crippen molar-refractivity contribution in [2.24, 2.45) is 0 Å². The number of H-pyrrole nitrogens is 1. The molecule has 1 rings (SSSR count). The van der Waals surface area contributed by atoms with Gasteiger partial charge in [-0.1, -0.05) is 20.8 Å². The summed E-state index contributed by atoms with van der Waals surface area (Å²) in [7, 11) is 1.62. The van der Waals surface area contributed by atoms with Crippen molar-refractivity contribution in [3.05, 3.63) is 11.8 Å². The fraction of sp³-hybridized carbons (Fsp3) is 0.667. The van der Waals surface area contributed by atoms with Crippen LogP contribution in [0.4, 0.5) is 5.82 Å². The van der Waals surface area contributed by atoms with Gasteiger partial charge in [0.05, 0.1) is 13.2 Å². The third-order valence-corrected chi connectivity index (χ3v) is 2.42. The summed E-state index contributed by atoms with van der Waals surface area (Å²) in [4.78, 5) is 11.6. The molecule has 1 amide bonds. The summed E-state index contributed by atoms with van der Waals surface area (Å²) < 4.78 is 4.87. The first-order valence-corrected chi connectivity index (χ1v) is 5.99. The molecule has 0 unspecified atom stereocenters. The second-order valence-electron chi connectivity index (χ2n) is 5.13. The first-order valence-electron chi connectivity index (χ1n) is 5.99. The number of aromatic amines is 1. The highest BCUT2D eigenvalue weighted by Crippen LogP contribution is 2.21. The average molecular weight is 254 g/mol. The van der Waals surface area contributed by atoms with Gasteiger partial charge in [0.25, 0.3) is 0 Å². The molecule has 0 atom stereocenters. The van der Waals surface area contributed by atoms with E-state index in [-0.39, 0.29) is 17.9 Å². The molecule has 6 heteroatoms. The number of methoxy groups -OCH3 is 1. The van der Waals surface area contributed by atoms with Gasteiger partial charge in [-0.3, -0.25) is 9.89 Å². The minimum absolute atomic E-state index is 0.00725. The van der Waals surface area contributed by atoms with E-state index in [9.17, 15) is 4.79 Å². The number of hydrogen-bond acceptors (Lipinski definition) is 4. The number of carbonyl (C=O) groups excluding carboxylic acids is 1. The Morgan fingerprint density at radius 1 is 1.50 bits per heavy atom. The van der Waals surface area contributed by atoms with Crippen LogP contribution < -0.4 is 10.6 Å². The molecule has 0 saturated heterocycles. The zero-order chi connectivity index (χ0) is 13.6. The molecule has 3 N–H and O–H groups in total. The maximum absolute atomic E-state index is 11.6. The van der Waals surface area contributed by atoms with Crippen LogP contribution in [0.3, 0.4) is 0 Å². The molecule has 0 bridgehead atoms. The molecule has 0 aliphatic heterocycles. The van der Waals surface area contributed by atoms with Gasteiger partial charge in [-0.25, -0.2) is 0 Å². The minimum Gasteiger partial charge on any atom is -0.383 e. The van der Waals surface area contributed by atoms with Gasteiger partial charge in [0, 0.05) is 30.8 Å². The van der Waals surface area contributed by atoms with Crippen LogP contribution in [0, 0.1) is 0 Å². The van der Waals surface area contributed by atoms with Crippen molar-refractivity contribution < 1.29 is 9.53 Å². The topological polar surface area (TPSA) is 79.0 Å². The molecule has 0 spiro atoms. The summed E-state index contributed by atoms with van der Waals surface area (Å²) >= 11 is 0. The maximum atomic E-state index is 11.6.